The normalized spacial score (nSPS) is 10.3. The quantitative estimate of drug-likeness (QED) is 0.380. The number of hydrogen-bond donors (Lipinski definition) is 2. The number of benzene rings is 2. The average Bonchev–Trinajstić information content (AvgIpc) is 2.62. The van der Waals surface area contributed by atoms with E-state index in [9.17, 15) is 14.9 Å². The minimum atomic E-state index is -0.546. The van der Waals surface area contributed by atoms with Crippen LogP contribution in [0, 0.1) is 17.0 Å². The first kappa shape index (κ1) is 18.0. The molecule has 0 bridgehead atoms. The molecule has 3 aromatic rings. The van der Waals surface area contributed by atoms with Crippen molar-refractivity contribution in [2.24, 2.45) is 0 Å². The fraction of sp³-hybridized carbons (Fsp3) is 0.105. The van der Waals surface area contributed by atoms with E-state index in [0.717, 1.165) is 5.56 Å². The third kappa shape index (κ3) is 4.24. The predicted molar refractivity (Wildman–Crippen MR) is 103 cm³/mol. The number of Topliss-reactive ketones (excluding diaryl/α,β-unsaturated/α-hetero) is 1. The zero-order valence-corrected chi connectivity index (χ0v) is 14.8. The topological polar surface area (TPSA) is 110 Å². The van der Waals surface area contributed by atoms with Crippen molar-refractivity contribution in [1.29, 1.82) is 0 Å². The molecule has 0 aliphatic rings. The largest absolute Gasteiger partial charge is 0.353 e. The SMILES string of the molecule is CC(=O)c1cccc(Nc2ncnc(Nc3cccc(C)c3)c2[N+](=O)[O-])c1. The molecule has 0 unspecified atom stereocenters. The van der Waals surface area contributed by atoms with Gasteiger partial charge in [0.25, 0.3) is 0 Å². The summed E-state index contributed by atoms with van der Waals surface area (Å²) in [6.45, 7) is 3.38. The number of carbonyl (C=O) groups excluding carboxylic acids is 1. The van der Waals surface area contributed by atoms with Gasteiger partial charge in [0, 0.05) is 16.9 Å². The van der Waals surface area contributed by atoms with Crippen molar-refractivity contribution in [2.75, 3.05) is 10.6 Å². The molecule has 27 heavy (non-hydrogen) atoms. The van der Waals surface area contributed by atoms with Gasteiger partial charge >= 0.3 is 5.69 Å². The summed E-state index contributed by atoms with van der Waals surface area (Å²) in [7, 11) is 0. The highest BCUT2D eigenvalue weighted by Crippen LogP contribution is 2.33. The zero-order chi connectivity index (χ0) is 19.4. The van der Waals surface area contributed by atoms with Crippen molar-refractivity contribution in [1.82, 2.24) is 9.97 Å². The fourth-order valence-corrected chi connectivity index (χ4v) is 2.55. The van der Waals surface area contributed by atoms with Crippen molar-refractivity contribution < 1.29 is 9.72 Å². The van der Waals surface area contributed by atoms with Crippen LogP contribution in [0.5, 0.6) is 0 Å². The first-order valence-electron chi connectivity index (χ1n) is 8.15. The smallest absolute Gasteiger partial charge is 0.334 e. The van der Waals surface area contributed by atoms with Gasteiger partial charge < -0.3 is 10.6 Å². The van der Waals surface area contributed by atoms with Gasteiger partial charge in [-0.3, -0.25) is 14.9 Å². The molecule has 0 aliphatic carbocycles. The van der Waals surface area contributed by atoms with Gasteiger partial charge in [-0.25, -0.2) is 9.97 Å². The lowest BCUT2D eigenvalue weighted by molar-refractivity contribution is -0.383. The van der Waals surface area contributed by atoms with Gasteiger partial charge in [0.05, 0.1) is 4.92 Å². The van der Waals surface area contributed by atoms with E-state index in [2.05, 4.69) is 20.6 Å². The second-order valence-corrected chi connectivity index (χ2v) is 5.93. The predicted octanol–water partition coefficient (Wildman–Crippen LogP) is 4.38. The maximum absolute atomic E-state index is 11.7. The van der Waals surface area contributed by atoms with Crippen LogP contribution in [0.3, 0.4) is 0 Å². The average molecular weight is 363 g/mol. The Labute approximate surface area is 155 Å². The highest BCUT2D eigenvalue weighted by molar-refractivity contribution is 5.95. The van der Waals surface area contributed by atoms with Crippen molar-refractivity contribution >= 4 is 34.5 Å². The van der Waals surface area contributed by atoms with E-state index in [1.165, 1.54) is 13.3 Å². The second kappa shape index (κ2) is 7.61. The van der Waals surface area contributed by atoms with Gasteiger partial charge in [-0.2, -0.15) is 0 Å². The number of anilines is 4. The van der Waals surface area contributed by atoms with Gasteiger partial charge in [0.2, 0.25) is 11.6 Å². The lowest BCUT2D eigenvalue weighted by Gasteiger charge is -2.11. The molecule has 3 rings (SSSR count). The van der Waals surface area contributed by atoms with Crippen molar-refractivity contribution in [3.8, 4) is 0 Å². The minimum Gasteiger partial charge on any atom is -0.334 e. The molecule has 8 heteroatoms. The number of aryl methyl sites for hydroxylation is 1. The minimum absolute atomic E-state index is 0.0332. The number of hydrogen-bond acceptors (Lipinski definition) is 7. The maximum Gasteiger partial charge on any atom is 0.353 e. The summed E-state index contributed by atoms with van der Waals surface area (Å²) in [5.74, 6) is 0.00863. The lowest BCUT2D eigenvalue weighted by atomic mass is 10.1. The third-order valence-electron chi connectivity index (χ3n) is 3.82. The molecule has 0 radical (unpaired) electrons. The van der Waals surface area contributed by atoms with E-state index in [1.54, 1.807) is 30.3 Å². The van der Waals surface area contributed by atoms with E-state index < -0.39 is 4.92 Å². The summed E-state index contributed by atoms with van der Waals surface area (Å²) >= 11 is 0. The Bertz CT molecular complexity index is 1020. The van der Waals surface area contributed by atoms with Gasteiger partial charge in [0.1, 0.15) is 6.33 Å². The van der Waals surface area contributed by atoms with Crippen LogP contribution in [0.15, 0.2) is 54.9 Å². The van der Waals surface area contributed by atoms with Crippen LogP contribution in [0.2, 0.25) is 0 Å². The van der Waals surface area contributed by atoms with Crippen LogP contribution in [0.1, 0.15) is 22.8 Å². The first-order valence-corrected chi connectivity index (χ1v) is 8.15. The number of nitrogens with zero attached hydrogens (tertiary/aromatic N) is 3. The number of rotatable bonds is 6. The molecule has 0 aliphatic heterocycles. The molecule has 0 fully saturated rings. The van der Waals surface area contributed by atoms with E-state index in [1.807, 2.05) is 25.1 Å². The Morgan fingerprint density at radius 3 is 2.15 bits per heavy atom. The molecule has 2 N–H and O–H groups in total. The van der Waals surface area contributed by atoms with Gasteiger partial charge in [-0.05, 0) is 43.7 Å². The van der Waals surface area contributed by atoms with Crippen LogP contribution >= 0.6 is 0 Å². The molecule has 0 saturated carbocycles. The summed E-state index contributed by atoms with van der Waals surface area (Å²) in [5.41, 5.74) is 2.42. The Balaban J connectivity index is 1.97. The van der Waals surface area contributed by atoms with Crippen LogP contribution in [0.4, 0.5) is 28.7 Å². The Morgan fingerprint density at radius 1 is 1.00 bits per heavy atom. The summed E-state index contributed by atoms with van der Waals surface area (Å²) in [5, 5.41) is 17.5. The number of aromatic nitrogens is 2. The van der Waals surface area contributed by atoms with Gasteiger partial charge in [-0.1, -0.05) is 24.3 Å². The molecule has 136 valence electrons. The molecule has 0 spiro atoms. The maximum atomic E-state index is 11.7. The van der Waals surface area contributed by atoms with E-state index in [-0.39, 0.29) is 23.1 Å². The highest BCUT2D eigenvalue weighted by atomic mass is 16.6. The van der Waals surface area contributed by atoms with Crippen molar-refractivity contribution in [2.45, 2.75) is 13.8 Å². The monoisotopic (exact) mass is 363 g/mol. The number of nitro groups is 1. The van der Waals surface area contributed by atoms with Crippen LogP contribution in [0.25, 0.3) is 0 Å². The first-order chi connectivity index (χ1) is 12.9. The van der Waals surface area contributed by atoms with Crippen LogP contribution in [-0.2, 0) is 0 Å². The van der Waals surface area contributed by atoms with E-state index in [4.69, 9.17) is 0 Å². The molecule has 0 saturated heterocycles. The Hall–Kier alpha value is -3.81. The summed E-state index contributed by atoms with van der Waals surface area (Å²) in [6.07, 6.45) is 1.24. The standard InChI is InChI=1S/C19H17N5O3/c1-12-5-3-7-15(9-12)22-18-17(24(26)27)19(21-11-20-18)23-16-8-4-6-14(10-16)13(2)25/h3-11H,1-2H3,(H2,20,21,22,23). The Morgan fingerprint density at radius 2 is 1.59 bits per heavy atom. The van der Waals surface area contributed by atoms with Crippen molar-refractivity contribution in [3.05, 3.63) is 76.1 Å². The summed E-state index contributed by atoms with van der Waals surface area (Å²) < 4.78 is 0. The molecule has 1 aromatic heterocycles. The number of carbonyl (C=O) groups is 1. The second-order valence-electron chi connectivity index (χ2n) is 5.93. The van der Waals surface area contributed by atoms with Crippen LogP contribution in [-0.4, -0.2) is 20.7 Å². The molecule has 0 amide bonds. The molecule has 2 aromatic carbocycles. The molecule has 8 nitrogen and oxygen atoms in total. The van der Waals surface area contributed by atoms with Gasteiger partial charge in [0.15, 0.2) is 5.78 Å². The summed E-state index contributed by atoms with van der Waals surface area (Å²) in [4.78, 5) is 30.7. The Kier molecular flexibility index (Phi) is 5.07. The zero-order valence-electron chi connectivity index (χ0n) is 14.8. The third-order valence-corrected chi connectivity index (χ3v) is 3.82. The van der Waals surface area contributed by atoms with Crippen LogP contribution < -0.4 is 10.6 Å². The summed E-state index contributed by atoms with van der Waals surface area (Å²) in [6, 6.07) is 14.1. The highest BCUT2D eigenvalue weighted by Gasteiger charge is 2.23. The molecule has 1 heterocycles. The fourth-order valence-electron chi connectivity index (χ4n) is 2.55. The number of nitrogens with one attached hydrogen (secondary N) is 2. The molecular formula is C19H17N5O3. The molecular weight excluding hydrogens is 346 g/mol. The molecule has 0 atom stereocenters. The lowest BCUT2D eigenvalue weighted by Crippen LogP contribution is -2.06. The van der Waals surface area contributed by atoms with E-state index in [0.29, 0.717) is 16.9 Å². The van der Waals surface area contributed by atoms with E-state index >= 15 is 0 Å². The number of ketones is 1. The van der Waals surface area contributed by atoms with Crippen molar-refractivity contribution in [3.63, 3.8) is 0 Å². The van der Waals surface area contributed by atoms with Gasteiger partial charge in [-0.15, -0.1) is 0 Å².